The number of rotatable bonds is 5. The third-order valence-corrected chi connectivity index (χ3v) is 4.07. The topological polar surface area (TPSA) is 76.4 Å². The number of aliphatic hydroxyl groups is 1. The van der Waals surface area contributed by atoms with Gasteiger partial charge in [0.25, 0.3) is 5.56 Å². The minimum atomic E-state index is -0.386. The second kappa shape index (κ2) is 6.56. The van der Waals surface area contributed by atoms with Gasteiger partial charge >= 0.3 is 0 Å². The zero-order chi connectivity index (χ0) is 14.6. The van der Waals surface area contributed by atoms with Gasteiger partial charge in [-0.15, -0.1) is 0 Å². The van der Waals surface area contributed by atoms with Crippen molar-refractivity contribution in [2.45, 2.75) is 26.3 Å². The highest BCUT2D eigenvalue weighted by atomic mass is 35.5. The van der Waals surface area contributed by atoms with E-state index in [1.165, 1.54) is 6.20 Å². The van der Waals surface area contributed by atoms with Gasteiger partial charge in [0.05, 0.1) is 25.0 Å². The summed E-state index contributed by atoms with van der Waals surface area (Å²) >= 11 is 6.06. The highest BCUT2D eigenvalue weighted by Gasteiger charge is 2.27. The van der Waals surface area contributed by atoms with Crippen LogP contribution < -0.4 is 10.9 Å². The number of aromatic nitrogens is 2. The third kappa shape index (κ3) is 3.50. The highest BCUT2D eigenvalue weighted by molar-refractivity contribution is 6.32. The molecule has 2 heterocycles. The molecule has 6 nitrogen and oxygen atoms in total. The van der Waals surface area contributed by atoms with E-state index in [1.54, 1.807) is 0 Å². The lowest BCUT2D eigenvalue weighted by atomic mass is 9.82. The van der Waals surface area contributed by atoms with Crippen LogP contribution in [0.25, 0.3) is 0 Å². The first-order chi connectivity index (χ1) is 9.56. The van der Waals surface area contributed by atoms with E-state index in [2.05, 4.69) is 17.3 Å². The molecule has 1 aromatic rings. The Balaban J connectivity index is 2.06. The molecule has 2 rings (SSSR count). The fourth-order valence-electron chi connectivity index (χ4n) is 2.19. The average molecular weight is 302 g/mol. The van der Waals surface area contributed by atoms with Crippen LogP contribution in [-0.4, -0.2) is 41.3 Å². The van der Waals surface area contributed by atoms with Crippen LogP contribution >= 0.6 is 11.6 Å². The molecule has 2 N–H and O–H groups in total. The SMILES string of the molecule is CC1(CNc2cnn(CCO)c(=O)c2Cl)CCOCC1. The standard InChI is InChI=1S/C13H20ClN3O3/c1-13(2-6-20-7-3-13)9-15-10-8-16-17(4-5-18)12(19)11(10)14/h8,15,18H,2-7,9H2,1H3. The molecule has 1 aliphatic rings. The van der Waals surface area contributed by atoms with E-state index in [4.69, 9.17) is 21.4 Å². The van der Waals surface area contributed by atoms with Gasteiger partial charge in [-0.1, -0.05) is 18.5 Å². The van der Waals surface area contributed by atoms with Gasteiger partial charge in [-0.05, 0) is 18.3 Å². The van der Waals surface area contributed by atoms with Crippen LogP contribution in [0.5, 0.6) is 0 Å². The quantitative estimate of drug-likeness (QED) is 0.852. The number of hydrogen-bond acceptors (Lipinski definition) is 5. The Kier molecular flexibility index (Phi) is 5.01. The van der Waals surface area contributed by atoms with Crippen LogP contribution in [0, 0.1) is 5.41 Å². The lowest BCUT2D eigenvalue weighted by molar-refractivity contribution is 0.0300. The van der Waals surface area contributed by atoms with Gasteiger partial charge in [0, 0.05) is 19.8 Å². The molecule has 112 valence electrons. The van der Waals surface area contributed by atoms with E-state index in [0.717, 1.165) is 37.3 Å². The van der Waals surface area contributed by atoms with Crippen LogP contribution in [0.1, 0.15) is 19.8 Å². The summed E-state index contributed by atoms with van der Waals surface area (Å²) in [5.74, 6) is 0. The van der Waals surface area contributed by atoms with E-state index in [0.29, 0.717) is 5.69 Å². The summed E-state index contributed by atoms with van der Waals surface area (Å²) in [5.41, 5.74) is 0.295. The summed E-state index contributed by atoms with van der Waals surface area (Å²) < 4.78 is 6.52. The van der Waals surface area contributed by atoms with E-state index < -0.39 is 0 Å². The largest absolute Gasteiger partial charge is 0.394 e. The van der Waals surface area contributed by atoms with E-state index >= 15 is 0 Å². The Morgan fingerprint density at radius 3 is 2.90 bits per heavy atom. The van der Waals surface area contributed by atoms with E-state index in [-0.39, 0.29) is 29.1 Å². The van der Waals surface area contributed by atoms with Gasteiger partial charge < -0.3 is 15.2 Å². The Morgan fingerprint density at radius 1 is 1.55 bits per heavy atom. The molecule has 1 aliphatic heterocycles. The molecule has 0 unspecified atom stereocenters. The Hall–Kier alpha value is -1.11. The molecule has 0 saturated carbocycles. The van der Waals surface area contributed by atoms with Crippen LogP contribution in [0.4, 0.5) is 5.69 Å². The van der Waals surface area contributed by atoms with Gasteiger partial charge in [-0.2, -0.15) is 5.10 Å². The molecule has 0 aromatic carbocycles. The van der Waals surface area contributed by atoms with Gasteiger partial charge in [0.1, 0.15) is 5.02 Å². The molecular formula is C13H20ClN3O3. The summed E-state index contributed by atoms with van der Waals surface area (Å²) in [4.78, 5) is 11.9. The molecule has 0 amide bonds. The smallest absolute Gasteiger partial charge is 0.287 e. The Bertz CT molecular complexity index is 512. The van der Waals surface area contributed by atoms with Crippen LogP contribution in [0.15, 0.2) is 11.0 Å². The maximum absolute atomic E-state index is 11.9. The Morgan fingerprint density at radius 2 is 2.25 bits per heavy atom. The Labute approximate surface area is 122 Å². The van der Waals surface area contributed by atoms with Crippen molar-refractivity contribution in [2.75, 3.05) is 31.7 Å². The first-order valence-corrected chi connectivity index (χ1v) is 7.12. The number of hydrogen-bond donors (Lipinski definition) is 2. The monoisotopic (exact) mass is 301 g/mol. The van der Waals surface area contributed by atoms with Crippen molar-refractivity contribution >= 4 is 17.3 Å². The van der Waals surface area contributed by atoms with Crippen molar-refractivity contribution in [1.29, 1.82) is 0 Å². The zero-order valence-corrected chi connectivity index (χ0v) is 12.3. The maximum Gasteiger partial charge on any atom is 0.287 e. The van der Waals surface area contributed by atoms with Gasteiger partial charge in [-0.25, -0.2) is 4.68 Å². The lowest BCUT2D eigenvalue weighted by Crippen LogP contribution is -2.34. The normalized spacial score (nSPS) is 17.9. The van der Waals surface area contributed by atoms with Crippen molar-refractivity contribution < 1.29 is 9.84 Å². The van der Waals surface area contributed by atoms with Crippen LogP contribution in [0.3, 0.4) is 0 Å². The predicted octanol–water partition coefficient (Wildman–Crippen LogP) is 1.12. The predicted molar refractivity (Wildman–Crippen MR) is 77.2 cm³/mol. The molecule has 0 radical (unpaired) electrons. The van der Waals surface area contributed by atoms with Gasteiger partial charge in [-0.3, -0.25) is 4.79 Å². The number of anilines is 1. The van der Waals surface area contributed by atoms with E-state index in [9.17, 15) is 4.79 Å². The number of nitrogens with zero attached hydrogens (tertiary/aromatic N) is 2. The molecule has 1 fully saturated rings. The maximum atomic E-state index is 11.9. The molecule has 20 heavy (non-hydrogen) atoms. The molecule has 1 saturated heterocycles. The minimum Gasteiger partial charge on any atom is -0.394 e. The van der Waals surface area contributed by atoms with Gasteiger partial charge in [0.15, 0.2) is 0 Å². The lowest BCUT2D eigenvalue weighted by Gasteiger charge is -2.33. The van der Waals surface area contributed by atoms with Gasteiger partial charge in [0.2, 0.25) is 0 Å². The summed E-state index contributed by atoms with van der Waals surface area (Å²) in [6.45, 7) is 4.45. The molecule has 7 heteroatoms. The number of aliphatic hydroxyl groups excluding tert-OH is 1. The summed E-state index contributed by atoms with van der Waals surface area (Å²) in [6.07, 6.45) is 3.49. The summed E-state index contributed by atoms with van der Waals surface area (Å²) in [6, 6.07) is 0. The van der Waals surface area contributed by atoms with Crippen molar-refractivity contribution in [1.82, 2.24) is 9.78 Å². The first kappa shape index (κ1) is 15.3. The minimum absolute atomic E-state index is 0.115. The molecular weight excluding hydrogens is 282 g/mol. The highest BCUT2D eigenvalue weighted by Crippen LogP contribution is 2.30. The zero-order valence-electron chi connectivity index (χ0n) is 11.6. The number of ether oxygens (including phenoxy) is 1. The second-order valence-corrected chi connectivity index (χ2v) is 5.78. The average Bonchev–Trinajstić information content (AvgIpc) is 2.44. The fourth-order valence-corrected chi connectivity index (χ4v) is 2.41. The summed E-state index contributed by atoms with van der Waals surface area (Å²) in [5, 5.41) is 16.2. The molecule has 1 aromatic heterocycles. The first-order valence-electron chi connectivity index (χ1n) is 6.74. The number of nitrogens with one attached hydrogen (secondary N) is 1. The van der Waals surface area contributed by atoms with Crippen molar-refractivity contribution in [3.8, 4) is 0 Å². The molecule has 0 aliphatic carbocycles. The van der Waals surface area contributed by atoms with Crippen LogP contribution in [-0.2, 0) is 11.3 Å². The second-order valence-electron chi connectivity index (χ2n) is 5.40. The van der Waals surface area contributed by atoms with Crippen molar-refractivity contribution in [3.05, 3.63) is 21.6 Å². The molecule has 0 bridgehead atoms. The molecule has 0 atom stereocenters. The number of halogens is 1. The molecule has 0 spiro atoms. The fraction of sp³-hybridized carbons (Fsp3) is 0.692. The van der Waals surface area contributed by atoms with Crippen molar-refractivity contribution in [2.24, 2.45) is 5.41 Å². The third-order valence-electron chi connectivity index (χ3n) is 3.70. The van der Waals surface area contributed by atoms with E-state index in [1.807, 2.05) is 0 Å². The van der Waals surface area contributed by atoms with Crippen molar-refractivity contribution in [3.63, 3.8) is 0 Å². The van der Waals surface area contributed by atoms with Crippen LogP contribution in [0.2, 0.25) is 5.02 Å². The summed E-state index contributed by atoms with van der Waals surface area (Å²) in [7, 11) is 0.